The first-order valence-corrected chi connectivity index (χ1v) is 7.82. The maximum Gasteiger partial charge on any atom is 0.175 e. The Kier molecular flexibility index (Phi) is 3.98. The Morgan fingerprint density at radius 2 is 1.86 bits per heavy atom. The van der Waals surface area contributed by atoms with E-state index in [1.807, 2.05) is 42.8 Å². The second kappa shape index (κ2) is 5.93. The van der Waals surface area contributed by atoms with Gasteiger partial charge in [0.15, 0.2) is 10.9 Å². The van der Waals surface area contributed by atoms with Crippen molar-refractivity contribution in [2.45, 2.75) is 17.3 Å². The van der Waals surface area contributed by atoms with Gasteiger partial charge in [-0.1, -0.05) is 23.9 Å². The van der Waals surface area contributed by atoms with E-state index in [4.69, 9.17) is 0 Å². The Morgan fingerprint density at radius 1 is 1.18 bits per heavy atom. The molecule has 0 aliphatic rings. The minimum atomic E-state index is -0.341. The highest BCUT2D eigenvalue weighted by Crippen LogP contribution is 2.27. The van der Waals surface area contributed by atoms with Gasteiger partial charge in [-0.3, -0.25) is 4.79 Å². The number of benzene rings is 2. The van der Waals surface area contributed by atoms with Crippen molar-refractivity contribution in [2.24, 2.45) is 7.05 Å². The van der Waals surface area contributed by atoms with Crippen LogP contribution in [0.1, 0.15) is 17.3 Å². The number of aryl methyl sites for hydroxylation is 1. The summed E-state index contributed by atoms with van der Waals surface area (Å²) in [4.78, 5) is 17.0. The lowest BCUT2D eigenvalue weighted by Gasteiger charge is -2.10. The van der Waals surface area contributed by atoms with Crippen molar-refractivity contribution in [1.82, 2.24) is 9.55 Å². The van der Waals surface area contributed by atoms with Crippen LogP contribution in [-0.2, 0) is 7.05 Å². The molecule has 0 saturated carbocycles. The van der Waals surface area contributed by atoms with Crippen LogP contribution in [-0.4, -0.2) is 20.6 Å². The zero-order valence-corrected chi connectivity index (χ0v) is 13.1. The number of hydrogen-bond donors (Lipinski definition) is 0. The molecule has 1 unspecified atom stereocenters. The van der Waals surface area contributed by atoms with Crippen molar-refractivity contribution in [3.8, 4) is 0 Å². The van der Waals surface area contributed by atoms with Gasteiger partial charge in [-0.2, -0.15) is 0 Å². The molecule has 1 atom stereocenters. The molecule has 5 heteroatoms. The van der Waals surface area contributed by atoms with E-state index in [9.17, 15) is 9.18 Å². The first-order chi connectivity index (χ1) is 10.6. The normalized spacial score (nSPS) is 12.5. The van der Waals surface area contributed by atoms with E-state index in [-0.39, 0.29) is 16.9 Å². The van der Waals surface area contributed by atoms with Crippen molar-refractivity contribution in [2.75, 3.05) is 0 Å². The molecule has 3 nitrogen and oxygen atoms in total. The van der Waals surface area contributed by atoms with Crippen LogP contribution < -0.4 is 0 Å². The summed E-state index contributed by atoms with van der Waals surface area (Å²) in [6.45, 7) is 1.84. The number of nitrogens with zero attached hydrogens (tertiary/aromatic N) is 2. The molecule has 1 aromatic heterocycles. The highest BCUT2D eigenvalue weighted by atomic mass is 32.2. The molecule has 3 rings (SSSR count). The molecule has 0 spiro atoms. The SMILES string of the molecule is CC(Sc1nc2ccccc2n1C)C(=O)c1ccc(F)cc1. The van der Waals surface area contributed by atoms with Gasteiger partial charge in [0.05, 0.1) is 16.3 Å². The Bertz CT molecular complexity index is 826. The lowest BCUT2D eigenvalue weighted by Crippen LogP contribution is -2.14. The molecule has 0 aliphatic heterocycles. The summed E-state index contributed by atoms with van der Waals surface area (Å²) < 4.78 is 14.9. The third-order valence-electron chi connectivity index (χ3n) is 3.53. The van der Waals surface area contributed by atoms with Gasteiger partial charge in [-0.25, -0.2) is 9.37 Å². The molecular formula is C17H15FN2OS. The first kappa shape index (κ1) is 14.8. The molecule has 0 radical (unpaired) electrons. The van der Waals surface area contributed by atoms with Crippen LogP contribution in [0.25, 0.3) is 11.0 Å². The summed E-state index contributed by atoms with van der Waals surface area (Å²) in [5.74, 6) is -0.371. The van der Waals surface area contributed by atoms with Crippen LogP contribution in [0.4, 0.5) is 4.39 Å². The van der Waals surface area contributed by atoms with Crippen LogP contribution in [0.3, 0.4) is 0 Å². The average molecular weight is 314 g/mol. The summed E-state index contributed by atoms with van der Waals surface area (Å²) in [6, 6.07) is 13.5. The van der Waals surface area contributed by atoms with Crippen molar-refractivity contribution < 1.29 is 9.18 Å². The molecule has 0 fully saturated rings. The van der Waals surface area contributed by atoms with E-state index in [2.05, 4.69) is 4.98 Å². The Balaban J connectivity index is 1.83. The number of halogens is 1. The predicted molar refractivity (Wildman–Crippen MR) is 86.8 cm³/mol. The summed E-state index contributed by atoms with van der Waals surface area (Å²) in [5.41, 5.74) is 2.46. The molecular weight excluding hydrogens is 299 g/mol. The zero-order valence-electron chi connectivity index (χ0n) is 12.3. The zero-order chi connectivity index (χ0) is 15.7. The molecule has 0 saturated heterocycles. The smallest absolute Gasteiger partial charge is 0.175 e. The van der Waals surface area contributed by atoms with Gasteiger partial charge in [-0.05, 0) is 43.3 Å². The van der Waals surface area contributed by atoms with E-state index in [0.717, 1.165) is 16.2 Å². The Labute approximate surface area is 132 Å². The number of thioether (sulfide) groups is 1. The number of fused-ring (bicyclic) bond motifs is 1. The summed E-state index contributed by atoms with van der Waals surface area (Å²) in [7, 11) is 1.94. The minimum Gasteiger partial charge on any atom is -0.322 e. The van der Waals surface area contributed by atoms with Crippen LogP contribution in [0.2, 0.25) is 0 Å². The first-order valence-electron chi connectivity index (χ1n) is 6.94. The lowest BCUT2D eigenvalue weighted by atomic mass is 10.1. The van der Waals surface area contributed by atoms with Gasteiger partial charge >= 0.3 is 0 Å². The van der Waals surface area contributed by atoms with Crippen molar-refractivity contribution in [3.63, 3.8) is 0 Å². The highest BCUT2D eigenvalue weighted by Gasteiger charge is 2.19. The Morgan fingerprint density at radius 3 is 2.55 bits per heavy atom. The topological polar surface area (TPSA) is 34.9 Å². The van der Waals surface area contributed by atoms with Crippen LogP contribution >= 0.6 is 11.8 Å². The summed E-state index contributed by atoms with van der Waals surface area (Å²) in [5, 5.41) is 0.505. The maximum atomic E-state index is 12.9. The molecule has 3 aromatic rings. The van der Waals surface area contributed by atoms with E-state index in [0.29, 0.717) is 5.56 Å². The molecule has 0 amide bonds. The number of hydrogen-bond acceptors (Lipinski definition) is 3. The minimum absolute atomic E-state index is 0.0305. The maximum absolute atomic E-state index is 12.9. The highest BCUT2D eigenvalue weighted by molar-refractivity contribution is 8.00. The molecule has 0 bridgehead atoms. The van der Waals surface area contributed by atoms with Gasteiger partial charge in [0.1, 0.15) is 5.82 Å². The number of aromatic nitrogens is 2. The molecule has 112 valence electrons. The second-order valence-electron chi connectivity index (χ2n) is 5.07. The van der Waals surface area contributed by atoms with Gasteiger partial charge in [0.2, 0.25) is 0 Å². The number of rotatable bonds is 4. The molecule has 2 aromatic carbocycles. The van der Waals surface area contributed by atoms with Gasteiger partial charge in [-0.15, -0.1) is 0 Å². The molecule has 0 N–H and O–H groups in total. The predicted octanol–water partition coefficient (Wildman–Crippen LogP) is 4.08. The van der Waals surface area contributed by atoms with Crippen LogP contribution in [0.5, 0.6) is 0 Å². The van der Waals surface area contributed by atoms with E-state index in [1.165, 1.54) is 36.0 Å². The van der Waals surface area contributed by atoms with Crippen LogP contribution in [0.15, 0.2) is 53.7 Å². The lowest BCUT2D eigenvalue weighted by molar-refractivity contribution is 0.0994. The number of ketones is 1. The largest absolute Gasteiger partial charge is 0.322 e. The summed E-state index contributed by atoms with van der Waals surface area (Å²) >= 11 is 1.41. The number of imidazole rings is 1. The standard InChI is InChI=1S/C17H15FN2OS/c1-11(16(21)12-7-9-13(18)10-8-12)22-17-19-14-5-3-4-6-15(14)20(17)2/h3-11H,1-2H3. The number of para-hydroxylation sites is 2. The van der Waals surface area contributed by atoms with Gasteiger partial charge in [0.25, 0.3) is 0 Å². The summed E-state index contributed by atoms with van der Waals surface area (Å²) in [6.07, 6.45) is 0. The monoisotopic (exact) mass is 314 g/mol. The number of carbonyl (C=O) groups excluding carboxylic acids is 1. The van der Waals surface area contributed by atoms with Gasteiger partial charge in [0, 0.05) is 12.6 Å². The number of carbonyl (C=O) groups is 1. The van der Waals surface area contributed by atoms with Crippen LogP contribution in [0, 0.1) is 5.82 Å². The van der Waals surface area contributed by atoms with Crippen molar-refractivity contribution in [1.29, 1.82) is 0 Å². The quantitative estimate of drug-likeness (QED) is 0.538. The Hall–Kier alpha value is -2.14. The van der Waals surface area contributed by atoms with Gasteiger partial charge < -0.3 is 4.57 Å². The molecule has 1 heterocycles. The average Bonchev–Trinajstić information content (AvgIpc) is 2.84. The second-order valence-corrected chi connectivity index (χ2v) is 6.38. The van der Waals surface area contributed by atoms with E-state index in [1.54, 1.807) is 0 Å². The fourth-order valence-electron chi connectivity index (χ4n) is 2.29. The van der Waals surface area contributed by atoms with Crippen molar-refractivity contribution >= 4 is 28.6 Å². The fraction of sp³-hybridized carbons (Fsp3) is 0.176. The third-order valence-corrected chi connectivity index (χ3v) is 4.67. The molecule has 0 aliphatic carbocycles. The van der Waals surface area contributed by atoms with E-state index >= 15 is 0 Å². The van der Waals surface area contributed by atoms with Crippen molar-refractivity contribution in [3.05, 3.63) is 59.9 Å². The van der Waals surface area contributed by atoms with E-state index < -0.39 is 0 Å². The number of Topliss-reactive ketones (excluding diaryl/α,β-unsaturated/α-hetero) is 1. The molecule has 22 heavy (non-hydrogen) atoms. The fourth-order valence-corrected chi connectivity index (χ4v) is 3.26. The third kappa shape index (κ3) is 2.76.